The number of nitrogens with one attached hydrogen (secondary N) is 2. The van der Waals surface area contributed by atoms with Crippen LogP contribution in [0.15, 0.2) is 12.1 Å². The molecule has 0 spiro atoms. The van der Waals surface area contributed by atoms with Crippen molar-refractivity contribution in [1.29, 1.82) is 0 Å². The molecule has 0 fully saturated rings. The van der Waals surface area contributed by atoms with Gasteiger partial charge in [0.1, 0.15) is 5.15 Å². The van der Waals surface area contributed by atoms with Crippen LogP contribution in [-0.2, 0) is 11.2 Å². The molecule has 0 atom stereocenters. The normalized spacial score (nSPS) is 11.1. The molecule has 0 radical (unpaired) electrons. The number of rotatable bonds is 5. The van der Waals surface area contributed by atoms with Crippen LogP contribution in [0.25, 0.3) is 0 Å². The highest BCUT2D eigenvalue weighted by Gasteiger charge is 2.27. The Kier molecular flexibility index (Phi) is 5.51. The highest BCUT2D eigenvalue weighted by Crippen LogP contribution is 2.15. The number of hydrogen-bond donors (Lipinski definition) is 2. The number of amides is 2. The lowest BCUT2D eigenvalue weighted by Gasteiger charge is -2.22. The molecule has 1 rings (SSSR count). The molecule has 110 valence electrons. The molecule has 0 bridgehead atoms. The summed E-state index contributed by atoms with van der Waals surface area (Å²) < 4.78 is 0. The monoisotopic (exact) mass is 297 g/mol. The first-order valence-electron chi connectivity index (χ1n) is 6.47. The predicted octanol–water partition coefficient (Wildman–Crippen LogP) is 1.80. The molecule has 20 heavy (non-hydrogen) atoms. The van der Waals surface area contributed by atoms with Crippen LogP contribution in [0.1, 0.15) is 36.8 Å². The fraction of sp³-hybridized carbons (Fsp3) is 0.500. The van der Waals surface area contributed by atoms with Crippen molar-refractivity contribution in [2.45, 2.75) is 27.2 Å². The highest BCUT2D eigenvalue weighted by molar-refractivity contribution is 6.29. The maximum atomic E-state index is 12.1. The van der Waals surface area contributed by atoms with E-state index in [4.69, 9.17) is 11.6 Å². The third-order valence-electron chi connectivity index (χ3n) is 3.00. The van der Waals surface area contributed by atoms with Crippen molar-refractivity contribution in [2.24, 2.45) is 5.41 Å². The maximum Gasteiger partial charge on any atom is 0.251 e. The van der Waals surface area contributed by atoms with E-state index in [9.17, 15) is 9.59 Å². The topological polar surface area (TPSA) is 71.1 Å². The average Bonchev–Trinajstić information content (AvgIpc) is 2.42. The third kappa shape index (κ3) is 4.20. The second-order valence-corrected chi connectivity index (χ2v) is 5.56. The predicted molar refractivity (Wildman–Crippen MR) is 78.8 cm³/mol. The van der Waals surface area contributed by atoms with Crippen LogP contribution in [0.4, 0.5) is 0 Å². The van der Waals surface area contributed by atoms with Crippen LogP contribution in [0.2, 0.25) is 5.15 Å². The molecule has 0 aliphatic carbocycles. The minimum absolute atomic E-state index is 0.125. The Labute approximate surface area is 124 Å². The Balaban J connectivity index is 2.77. The summed E-state index contributed by atoms with van der Waals surface area (Å²) in [6.07, 6.45) is 0.699. The number of pyridine rings is 1. The number of halogens is 1. The van der Waals surface area contributed by atoms with Gasteiger partial charge in [-0.05, 0) is 32.4 Å². The summed E-state index contributed by atoms with van der Waals surface area (Å²) in [5.74, 6) is -0.388. The van der Waals surface area contributed by atoms with E-state index in [1.165, 1.54) is 6.07 Å². The van der Waals surface area contributed by atoms with Gasteiger partial charge in [-0.3, -0.25) is 9.59 Å². The van der Waals surface area contributed by atoms with Gasteiger partial charge >= 0.3 is 0 Å². The van der Waals surface area contributed by atoms with Gasteiger partial charge in [0.05, 0.1) is 5.41 Å². The Hall–Kier alpha value is -1.62. The first-order valence-corrected chi connectivity index (χ1v) is 6.84. The lowest BCUT2D eigenvalue weighted by Crippen LogP contribution is -2.43. The zero-order valence-corrected chi connectivity index (χ0v) is 13.0. The largest absolute Gasteiger partial charge is 0.359 e. The smallest absolute Gasteiger partial charge is 0.251 e. The number of carbonyl (C=O) groups is 2. The van der Waals surface area contributed by atoms with Crippen molar-refractivity contribution in [1.82, 2.24) is 15.6 Å². The summed E-state index contributed by atoms with van der Waals surface area (Å²) in [6, 6.07) is 3.22. The van der Waals surface area contributed by atoms with Crippen molar-refractivity contribution >= 4 is 23.4 Å². The number of hydrogen-bond acceptors (Lipinski definition) is 3. The van der Waals surface area contributed by atoms with E-state index in [0.717, 1.165) is 5.69 Å². The van der Waals surface area contributed by atoms with Crippen molar-refractivity contribution in [3.8, 4) is 0 Å². The molecule has 6 heteroatoms. The van der Waals surface area contributed by atoms with Crippen molar-refractivity contribution in [3.63, 3.8) is 0 Å². The Bertz CT molecular complexity index is 515. The summed E-state index contributed by atoms with van der Waals surface area (Å²) >= 11 is 5.88. The number of aryl methyl sites for hydroxylation is 1. The molecular weight excluding hydrogens is 278 g/mol. The molecule has 0 aliphatic heterocycles. The molecule has 0 saturated carbocycles. The number of carbonyl (C=O) groups excluding carboxylic acids is 2. The quantitative estimate of drug-likeness (QED) is 0.814. The van der Waals surface area contributed by atoms with E-state index in [0.29, 0.717) is 17.1 Å². The molecule has 1 aromatic rings. The van der Waals surface area contributed by atoms with Crippen LogP contribution in [0, 0.1) is 5.41 Å². The van der Waals surface area contributed by atoms with Crippen molar-refractivity contribution < 1.29 is 9.59 Å². The van der Waals surface area contributed by atoms with Gasteiger partial charge in [0, 0.05) is 24.8 Å². The molecular formula is C14H20ClN3O2. The van der Waals surface area contributed by atoms with Gasteiger partial charge in [0.15, 0.2) is 0 Å². The molecule has 0 aromatic carbocycles. The Morgan fingerprint density at radius 2 is 2.00 bits per heavy atom. The first-order chi connectivity index (χ1) is 9.30. The fourth-order valence-corrected chi connectivity index (χ4v) is 1.91. The number of nitrogens with zero attached hydrogens (tertiary/aromatic N) is 1. The lowest BCUT2D eigenvalue weighted by molar-refractivity contribution is -0.128. The minimum Gasteiger partial charge on any atom is -0.359 e. The maximum absolute atomic E-state index is 12.1. The molecule has 1 aromatic heterocycles. The molecule has 0 aliphatic rings. The standard InChI is InChI=1S/C14H20ClN3O2/c1-5-10-6-9(7-11(15)18-10)12(19)17-8-14(2,3)13(20)16-4/h6-7H,5,8H2,1-4H3,(H,16,20)(H,17,19). The zero-order chi connectivity index (χ0) is 15.3. The van der Waals surface area contributed by atoms with E-state index in [-0.39, 0.29) is 18.4 Å². The van der Waals surface area contributed by atoms with E-state index in [1.54, 1.807) is 27.0 Å². The molecule has 2 amide bonds. The van der Waals surface area contributed by atoms with Crippen LogP contribution in [0.5, 0.6) is 0 Å². The summed E-state index contributed by atoms with van der Waals surface area (Å²) in [6.45, 7) is 5.72. The summed E-state index contributed by atoms with van der Waals surface area (Å²) in [7, 11) is 1.57. The van der Waals surface area contributed by atoms with Crippen LogP contribution < -0.4 is 10.6 Å². The Morgan fingerprint density at radius 3 is 2.55 bits per heavy atom. The second-order valence-electron chi connectivity index (χ2n) is 5.17. The van der Waals surface area contributed by atoms with Crippen LogP contribution >= 0.6 is 11.6 Å². The van der Waals surface area contributed by atoms with E-state index in [1.807, 2.05) is 6.92 Å². The van der Waals surface area contributed by atoms with Gasteiger partial charge in [0.2, 0.25) is 5.91 Å². The summed E-state index contributed by atoms with van der Waals surface area (Å²) in [4.78, 5) is 27.8. The minimum atomic E-state index is -0.672. The van der Waals surface area contributed by atoms with Crippen molar-refractivity contribution in [3.05, 3.63) is 28.5 Å². The highest BCUT2D eigenvalue weighted by atomic mass is 35.5. The second kappa shape index (κ2) is 6.70. The summed E-state index contributed by atoms with van der Waals surface area (Å²) in [5.41, 5.74) is 0.539. The van der Waals surface area contributed by atoms with Crippen molar-refractivity contribution in [2.75, 3.05) is 13.6 Å². The summed E-state index contributed by atoms with van der Waals surface area (Å²) in [5, 5.41) is 5.61. The van der Waals surface area contributed by atoms with Crippen LogP contribution in [0.3, 0.4) is 0 Å². The van der Waals surface area contributed by atoms with Gasteiger partial charge < -0.3 is 10.6 Å². The molecule has 0 unspecified atom stereocenters. The molecule has 0 saturated heterocycles. The zero-order valence-electron chi connectivity index (χ0n) is 12.2. The first kappa shape index (κ1) is 16.4. The van der Waals surface area contributed by atoms with E-state index in [2.05, 4.69) is 15.6 Å². The number of aromatic nitrogens is 1. The van der Waals surface area contributed by atoms with Gasteiger partial charge in [0.25, 0.3) is 5.91 Å². The molecule has 1 heterocycles. The Morgan fingerprint density at radius 1 is 1.35 bits per heavy atom. The van der Waals surface area contributed by atoms with Gasteiger partial charge in [-0.15, -0.1) is 0 Å². The van der Waals surface area contributed by atoms with Crippen LogP contribution in [-0.4, -0.2) is 30.4 Å². The fourth-order valence-electron chi connectivity index (χ4n) is 1.69. The van der Waals surface area contributed by atoms with Gasteiger partial charge in [-0.1, -0.05) is 18.5 Å². The van der Waals surface area contributed by atoms with E-state index < -0.39 is 5.41 Å². The van der Waals surface area contributed by atoms with Gasteiger partial charge in [-0.2, -0.15) is 0 Å². The third-order valence-corrected chi connectivity index (χ3v) is 3.20. The molecule has 2 N–H and O–H groups in total. The average molecular weight is 298 g/mol. The van der Waals surface area contributed by atoms with E-state index >= 15 is 0 Å². The molecule has 5 nitrogen and oxygen atoms in total. The lowest BCUT2D eigenvalue weighted by atomic mass is 9.92. The SMILES string of the molecule is CCc1cc(C(=O)NCC(C)(C)C(=O)NC)cc(Cl)n1. The van der Waals surface area contributed by atoms with Gasteiger partial charge in [-0.25, -0.2) is 4.98 Å².